The Morgan fingerprint density at radius 2 is 1.81 bits per heavy atom. The summed E-state index contributed by atoms with van der Waals surface area (Å²) in [6, 6.07) is 14.8. The molecular weight excluding hydrogens is 369 g/mol. The highest BCUT2D eigenvalue weighted by Gasteiger charge is 2.38. The van der Waals surface area contributed by atoms with E-state index in [0.717, 1.165) is 18.4 Å². The number of anilines is 1. The van der Waals surface area contributed by atoms with E-state index in [1.54, 1.807) is 18.2 Å². The fourth-order valence-corrected chi connectivity index (χ4v) is 4.57. The Bertz CT molecular complexity index is 747. The molecule has 1 aliphatic rings. The Hall–Kier alpha value is -1.66. The molecule has 27 heavy (non-hydrogen) atoms. The predicted molar refractivity (Wildman–Crippen MR) is 106 cm³/mol. The van der Waals surface area contributed by atoms with Gasteiger partial charge < -0.3 is 9.80 Å². The molecule has 0 saturated carbocycles. The summed E-state index contributed by atoms with van der Waals surface area (Å²) in [5.74, 6) is 0.522. The van der Waals surface area contributed by atoms with Crippen LogP contribution in [-0.4, -0.2) is 38.1 Å². The number of rotatable bonds is 5. The van der Waals surface area contributed by atoms with Crippen LogP contribution in [-0.2, 0) is 11.9 Å². The molecule has 0 aromatic heterocycles. The first-order chi connectivity index (χ1) is 12.9. The highest BCUT2D eigenvalue weighted by atomic mass is 32.2. The first kappa shape index (κ1) is 20.1. The van der Waals surface area contributed by atoms with Gasteiger partial charge in [0.15, 0.2) is 0 Å². The van der Waals surface area contributed by atoms with Gasteiger partial charge in [-0.05, 0) is 44.6 Å². The average Bonchev–Trinajstić information content (AvgIpc) is 2.66. The van der Waals surface area contributed by atoms with Gasteiger partial charge in [-0.25, -0.2) is 0 Å². The third-order valence-corrected chi connectivity index (χ3v) is 6.12. The number of piperidine rings is 1. The molecule has 2 aromatic carbocycles. The van der Waals surface area contributed by atoms with E-state index in [1.807, 2.05) is 49.3 Å². The summed E-state index contributed by atoms with van der Waals surface area (Å²) in [6.45, 7) is 1.29. The fourth-order valence-electron chi connectivity index (χ4n) is 3.52. The van der Waals surface area contributed by atoms with Crippen LogP contribution >= 0.6 is 11.8 Å². The first-order valence-electron chi connectivity index (χ1n) is 9.14. The molecule has 1 saturated heterocycles. The summed E-state index contributed by atoms with van der Waals surface area (Å²) in [4.78, 5) is 4.31. The van der Waals surface area contributed by atoms with E-state index in [1.165, 1.54) is 11.8 Å². The summed E-state index contributed by atoms with van der Waals surface area (Å²) < 4.78 is 42.0. The molecule has 1 fully saturated rings. The monoisotopic (exact) mass is 394 g/mol. The molecule has 2 aromatic rings. The molecule has 3 rings (SSSR count). The summed E-state index contributed by atoms with van der Waals surface area (Å²) in [6.07, 6.45) is -2.45. The van der Waals surface area contributed by atoms with E-state index >= 15 is 0 Å². The topological polar surface area (TPSA) is 6.48 Å². The molecule has 1 heterocycles. The lowest BCUT2D eigenvalue weighted by atomic mass is 10.0. The van der Waals surface area contributed by atoms with Gasteiger partial charge >= 0.3 is 6.18 Å². The summed E-state index contributed by atoms with van der Waals surface area (Å²) in [5, 5.41) is 0. The van der Waals surface area contributed by atoms with Crippen molar-refractivity contribution >= 4 is 17.4 Å². The average molecular weight is 395 g/mol. The van der Waals surface area contributed by atoms with Crippen molar-refractivity contribution < 1.29 is 13.2 Å². The zero-order chi connectivity index (χ0) is 19.4. The Labute approximate surface area is 163 Å². The predicted octanol–water partition coefficient (Wildman–Crippen LogP) is 5.53. The van der Waals surface area contributed by atoms with E-state index in [2.05, 4.69) is 4.90 Å². The molecule has 1 atom stereocenters. The van der Waals surface area contributed by atoms with Crippen LogP contribution in [0.2, 0.25) is 0 Å². The lowest BCUT2D eigenvalue weighted by molar-refractivity contribution is -0.139. The largest absolute Gasteiger partial charge is 0.419 e. The SMILES string of the molecule is CN(C)[C@H]1CCCN(c2cccc(SCc3ccccc3)c2C(F)(F)F)C1. The normalized spacial score (nSPS) is 18.1. The maximum atomic E-state index is 14.0. The number of hydrogen-bond acceptors (Lipinski definition) is 3. The zero-order valence-corrected chi connectivity index (χ0v) is 16.5. The molecule has 0 unspecified atom stereocenters. The van der Waals surface area contributed by atoms with Crippen molar-refractivity contribution in [2.24, 2.45) is 0 Å². The van der Waals surface area contributed by atoms with Crippen LogP contribution < -0.4 is 4.90 Å². The molecule has 0 aliphatic carbocycles. The number of halogens is 3. The lowest BCUT2D eigenvalue weighted by Crippen LogP contribution is -2.45. The minimum atomic E-state index is -4.37. The number of alkyl halides is 3. The maximum Gasteiger partial charge on any atom is 0.419 e. The molecule has 0 N–H and O–H groups in total. The molecule has 1 aliphatic heterocycles. The van der Waals surface area contributed by atoms with Crippen LogP contribution in [0, 0.1) is 0 Å². The van der Waals surface area contributed by atoms with Gasteiger partial charge in [0.1, 0.15) is 0 Å². The van der Waals surface area contributed by atoms with Crippen LogP contribution in [0.25, 0.3) is 0 Å². The standard InChI is InChI=1S/C21H25F3N2S/c1-25(2)17-10-7-13-26(14-17)18-11-6-12-19(20(18)21(22,23)24)27-15-16-8-4-3-5-9-16/h3-6,8-9,11-12,17H,7,10,13-15H2,1-2H3/t17-/m0/s1. The third-order valence-electron chi connectivity index (χ3n) is 4.99. The number of likely N-dealkylation sites (N-methyl/N-ethyl adjacent to an activating group) is 1. The van der Waals surface area contributed by atoms with Crippen molar-refractivity contribution in [1.29, 1.82) is 0 Å². The van der Waals surface area contributed by atoms with E-state index < -0.39 is 11.7 Å². The van der Waals surface area contributed by atoms with Crippen molar-refractivity contribution in [1.82, 2.24) is 4.90 Å². The number of hydrogen-bond donors (Lipinski definition) is 0. The molecular formula is C21H25F3N2S. The molecule has 6 heteroatoms. The summed E-state index contributed by atoms with van der Waals surface area (Å²) in [7, 11) is 3.98. The summed E-state index contributed by atoms with van der Waals surface area (Å²) in [5.41, 5.74) is 0.837. The van der Waals surface area contributed by atoms with Gasteiger partial charge in [-0.1, -0.05) is 36.4 Å². The van der Waals surface area contributed by atoms with Gasteiger partial charge in [0.2, 0.25) is 0 Å². The number of nitrogens with zero attached hydrogens (tertiary/aromatic N) is 2. The van der Waals surface area contributed by atoms with Crippen molar-refractivity contribution in [3.05, 3.63) is 59.7 Å². The van der Waals surface area contributed by atoms with Crippen LogP contribution in [0.4, 0.5) is 18.9 Å². The van der Waals surface area contributed by atoms with Crippen molar-refractivity contribution in [2.75, 3.05) is 32.1 Å². The van der Waals surface area contributed by atoms with E-state index in [9.17, 15) is 13.2 Å². The highest BCUT2D eigenvalue weighted by Crippen LogP contribution is 2.44. The Kier molecular flexibility index (Phi) is 6.37. The van der Waals surface area contributed by atoms with E-state index in [0.29, 0.717) is 29.4 Å². The van der Waals surface area contributed by atoms with Crippen molar-refractivity contribution in [3.8, 4) is 0 Å². The van der Waals surface area contributed by atoms with Gasteiger partial charge in [0, 0.05) is 29.8 Å². The highest BCUT2D eigenvalue weighted by molar-refractivity contribution is 7.98. The molecule has 146 valence electrons. The van der Waals surface area contributed by atoms with Crippen molar-refractivity contribution in [2.45, 2.75) is 35.7 Å². The number of thioether (sulfide) groups is 1. The van der Waals surface area contributed by atoms with E-state index in [4.69, 9.17) is 0 Å². The minimum Gasteiger partial charge on any atom is -0.369 e. The van der Waals surface area contributed by atoms with Gasteiger partial charge in [0.05, 0.1) is 11.3 Å². The minimum absolute atomic E-state index is 0.278. The van der Waals surface area contributed by atoms with E-state index in [-0.39, 0.29) is 6.04 Å². The molecule has 2 nitrogen and oxygen atoms in total. The first-order valence-corrected chi connectivity index (χ1v) is 10.1. The second-order valence-electron chi connectivity index (χ2n) is 7.13. The molecule has 0 radical (unpaired) electrons. The van der Waals surface area contributed by atoms with Crippen LogP contribution in [0.15, 0.2) is 53.4 Å². The second kappa shape index (κ2) is 8.57. The van der Waals surface area contributed by atoms with Crippen LogP contribution in [0.3, 0.4) is 0 Å². The van der Waals surface area contributed by atoms with Gasteiger partial charge in [-0.3, -0.25) is 0 Å². The second-order valence-corrected chi connectivity index (χ2v) is 8.15. The zero-order valence-electron chi connectivity index (χ0n) is 15.7. The molecule has 0 amide bonds. The van der Waals surface area contributed by atoms with Gasteiger partial charge in [0.25, 0.3) is 0 Å². The Balaban J connectivity index is 1.90. The number of benzene rings is 2. The van der Waals surface area contributed by atoms with Crippen molar-refractivity contribution in [3.63, 3.8) is 0 Å². The maximum absolute atomic E-state index is 14.0. The smallest absolute Gasteiger partial charge is 0.369 e. The van der Waals surface area contributed by atoms with Gasteiger partial charge in [-0.2, -0.15) is 13.2 Å². The fraction of sp³-hybridized carbons (Fsp3) is 0.429. The summed E-state index contributed by atoms with van der Waals surface area (Å²) >= 11 is 1.26. The van der Waals surface area contributed by atoms with Gasteiger partial charge in [-0.15, -0.1) is 11.8 Å². The third kappa shape index (κ3) is 4.99. The Morgan fingerprint density at radius 3 is 2.48 bits per heavy atom. The quantitative estimate of drug-likeness (QED) is 0.616. The van der Waals surface area contributed by atoms with Crippen LogP contribution in [0.5, 0.6) is 0 Å². The Morgan fingerprint density at radius 1 is 1.07 bits per heavy atom. The lowest BCUT2D eigenvalue weighted by Gasteiger charge is -2.38. The molecule has 0 bridgehead atoms. The molecule has 0 spiro atoms. The van der Waals surface area contributed by atoms with Crippen LogP contribution in [0.1, 0.15) is 24.0 Å².